The Kier molecular flexibility index (Phi) is 4.30. The maximum absolute atomic E-state index is 5.66. The van der Waals surface area contributed by atoms with Crippen molar-refractivity contribution in [2.45, 2.75) is 44.6 Å². The maximum Gasteiger partial charge on any atom is 0.241 e. The number of hydrazine groups is 1. The standard InChI is InChI=1S/C10H16ClN5/c11-9-12-7-13-10(14-9)16-15-8-5-3-1-2-4-6-8/h7-8,15H,1-6H2,(H,12,13,14,16). The van der Waals surface area contributed by atoms with E-state index < -0.39 is 0 Å². The Bertz CT molecular complexity index is 325. The fraction of sp³-hybridized carbons (Fsp3) is 0.700. The minimum Gasteiger partial charge on any atom is -0.289 e. The predicted molar refractivity (Wildman–Crippen MR) is 63.1 cm³/mol. The average molecular weight is 242 g/mol. The van der Waals surface area contributed by atoms with Crippen LogP contribution in [0.3, 0.4) is 0 Å². The monoisotopic (exact) mass is 241 g/mol. The Morgan fingerprint density at radius 3 is 2.56 bits per heavy atom. The number of aromatic nitrogens is 3. The highest BCUT2D eigenvalue weighted by Gasteiger charge is 2.11. The zero-order chi connectivity index (χ0) is 11.2. The van der Waals surface area contributed by atoms with Crippen molar-refractivity contribution in [2.24, 2.45) is 0 Å². The molecule has 0 radical (unpaired) electrons. The highest BCUT2D eigenvalue weighted by atomic mass is 35.5. The number of hydrogen-bond donors (Lipinski definition) is 2. The van der Waals surface area contributed by atoms with E-state index in [9.17, 15) is 0 Å². The first-order chi connectivity index (χ1) is 7.84. The molecule has 0 unspecified atom stereocenters. The molecule has 0 aliphatic heterocycles. The summed E-state index contributed by atoms with van der Waals surface area (Å²) in [6.45, 7) is 0. The first-order valence-corrected chi connectivity index (χ1v) is 6.08. The van der Waals surface area contributed by atoms with Crippen LogP contribution >= 0.6 is 11.6 Å². The van der Waals surface area contributed by atoms with Crippen molar-refractivity contribution >= 4 is 17.5 Å². The van der Waals surface area contributed by atoms with Crippen LogP contribution in [0.4, 0.5) is 5.95 Å². The van der Waals surface area contributed by atoms with Crippen molar-refractivity contribution in [1.29, 1.82) is 0 Å². The van der Waals surface area contributed by atoms with Gasteiger partial charge in [-0.1, -0.05) is 25.7 Å². The molecule has 1 heterocycles. The fourth-order valence-electron chi connectivity index (χ4n) is 1.93. The molecule has 1 aromatic heterocycles. The number of nitrogens with zero attached hydrogens (tertiary/aromatic N) is 3. The zero-order valence-electron chi connectivity index (χ0n) is 9.12. The van der Waals surface area contributed by atoms with Gasteiger partial charge in [-0.05, 0) is 24.4 Å². The molecule has 0 aromatic carbocycles. The summed E-state index contributed by atoms with van der Waals surface area (Å²) in [7, 11) is 0. The summed E-state index contributed by atoms with van der Waals surface area (Å²) in [6.07, 6.45) is 9.06. The molecule has 0 spiro atoms. The molecular weight excluding hydrogens is 226 g/mol. The topological polar surface area (TPSA) is 62.7 Å². The molecule has 16 heavy (non-hydrogen) atoms. The van der Waals surface area contributed by atoms with Crippen molar-refractivity contribution < 1.29 is 0 Å². The Balaban J connectivity index is 1.81. The number of nitrogens with one attached hydrogen (secondary N) is 2. The lowest BCUT2D eigenvalue weighted by atomic mass is 10.1. The summed E-state index contributed by atoms with van der Waals surface area (Å²) in [5.74, 6) is 0.476. The molecule has 1 saturated carbocycles. The number of rotatable bonds is 3. The van der Waals surface area contributed by atoms with Crippen LogP contribution in [0.25, 0.3) is 0 Å². The smallest absolute Gasteiger partial charge is 0.241 e. The second kappa shape index (κ2) is 5.96. The van der Waals surface area contributed by atoms with Gasteiger partial charge < -0.3 is 0 Å². The van der Waals surface area contributed by atoms with E-state index >= 15 is 0 Å². The third kappa shape index (κ3) is 3.57. The fourth-order valence-corrected chi connectivity index (χ4v) is 2.05. The summed E-state index contributed by atoms with van der Waals surface area (Å²) in [5.41, 5.74) is 6.23. The molecule has 1 aliphatic rings. The summed E-state index contributed by atoms with van der Waals surface area (Å²) >= 11 is 5.66. The molecule has 88 valence electrons. The Labute approximate surface area is 100 Å². The summed E-state index contributed by atoms with van der Waals surface area (Å²) in [6, 6.07) is 0.498. The van der Waals surface area contributed by atoms with Gasteiger partial charge in [-0.2, -0.15) is 4.98 Å². The number of anilines is 1. The van der Waals surface area contributed by atoms with Crippen LogP contribution in [0.1, 0.15) is 38.5 Å². The highest BCUT2D eigenvalue weighted by Crippen LogP contribution is 2.17. The lowest BCUT2D eigenvalue weighted by molar-refractivity contribution is 0.493. The highest BCUT2D eigenvalue weighted by molar-refractivity contribution is 6.28. The van der Waals surface area contributed by atoms with Crippen LogP contribution in [-0.4, -0.2) is 21.0 Å². The van der Waals surface area contributed by atoms with E-state index in [2.05, 4.69) is 25.8 Å². The SMILES string of the molecule is Clc1ncnc(NNC2CCCCCC2)n1. The van der Waals surface area contributed by atoms with Gasteiger partial charge in [0.05, 0.1) is 0 Å². The van der Waals surface area contributed by atoms with Crippen molar-refractivity contribution in [3.05, 3.63) is 11.6 Å². The molecule has 0 bridgehead atoms. The molecule has 1 aliphatic carbocycles. The lowest BCUT2D eigenvalue weighted by Crippen LogP contribution is -2.34. The molecule has 2 N–H and O–H groups in total. The van der Waals surface area contributed by atoms with Crippen molar-refractivity contribution in [2.75, 3.05) is 5.43 Å². The summed E-state index contributed by atoms with van der Waals surface area (Å²) in [5, 5.41) is 0.208. The van der Waals surface area contributed by atoms with E-state index in [1.807, 2.05) is 0 Å². The van der Waals surface area contributed by atoms with E-state index in [1.165, 1.54) is 44.9 Å². The normalized spacial score (nSPS) is 18.1. The predicted octanol–water partition coefficient (Wildman–Crippen LogP) is 2.16. The molecule has 0 atom stereocenters. The summed E-state index contributed by atoms with van der Waals surface area (Å²) < 4.78 is 0. The second-order valence-electron chi connectivity index (χ2n) is 4.04. The lowest BCUT2D eigenvalue weighted by Gasteiger charge is -2.16. The molecular formula is C10H16ClN5. The van der Waals surface area contributed by atoms with Crippen LogP contribution in [0.5, 0.6) is 0 Å². The minimum atomic E-state index is 0.208. The molecule has 5 nitrogen and oxygen atoms in total. The van der Waals surface area contributed by atoms with Gasteiger partial charge in [0.2, 0.25) is 11.2 Å². The van der Waals surface area contributed by atoms with Gasteiger partial charge in [0, 0.05) is 6.04 Å². The van der Waals surface area contributed by atoms with Gasteiger partial charge in [-0.3, -0.25) is 5.43 Å². The van der Waals surface area contributed by atoms with Crippen molar-refractivity contribution in [1.82, 2.24) is 20.4 Å². The molecule has 1 aromatic rings. The van der Waals surface area contributed by atoms with Crippen LogP contribution in [0.15, 0.2) is 6.33 Å². The first-order valence-electron chi connectivity index (χ1n) is 5.70. The Morgan fingerprint density at radius 2 is 1.88 bits per heavy atom. The molecule has 6 heteroatoms. The average Bonchev–Trinajstić information content (AvgIpc) is 2.55. The maximum atomic E-state index is 5.66. The van der Waals surface area contributed by atoms with Gasteiger partial charge >= 0.3 is 0 Å². The third-order valence-corrected chi connectivity index (χ3v) is 2.97. The molecule has 0 amide bonds. The first kappa shape index (κ1) is 11.5. The van der Waals surface area contributed by atoms with Crippen molar-refractivity contribution in [3.8, 4) is 0 Å². The quantitative estimate of drug-likeness (QED) is 0.627. The second-order valence-corrected chi connectivity index (χ2v) is 4.37. The van der Waals surface area contributed by atoms with E-state index in [0.29, 0.717) is 12.0 Å². The van der Waals surface area contributed by atoms with Crippen LogP contribution in [-0.2, 0) is 0 Å². The number of hydrogen-bond acceptors (Lipinski definition) is 5. The molecule has 2 rings (SSSR count). The van der Waals surface area contributed by atoms with Crippen LogP contribution in [0.2, 0.25) is 5.28 Å². The molecule has 1 fully saturated rings. The minimum absolute atomic E-state index is 0.208. The van der Waals surface area contributed by atoms with E-state index in [-0.39, 0.29) is 5.28 Å². The van der Waals surface area contributed by atoms with Gasteiger partial charge in [0.1, 0.15) is 6.33 Å². The van der Waals surface area contributed by atoms with Crippen LogP contribution < -0.4 is 10.9 Å². The van der Waals surface area contributed by atoms with E-state index in [1.54, 1.807) is 0 Å². The van der Waals surface area contributed by atoms with Crippen LogP contribution in [0, 0.1) is 0 Å². The largest absolute Gasteiger partial charge is 0.289 e. The zero-order valence-corrected chi connectivity index (χ0v) is 9.87. The molecule has 0 saturated heterocycles. The van der Waals surface area contributed by atoms with E-state index in [0.717, 1.165) is 0 Å². The third-order valence-electron chi connectivity index (χ3n) is 2.79. The van der Waals surface area contributed by atoms with Gasteiger partial charge in [-0.15, -0.1) is 0 Å². The van der Waals surface area contributed by atoms with E-state index in [4.69, 9.17) is 11.6 Å². The Morgan fingerprint density at radius 1 is 1.12 bits per heavy atom. The Hall–Kier alpha value is -0.940. The number of halogens is 1. The van der Waals surface area contributed by atoms with Crippen molar-refractivity contribution in [3.63, 3.8) is 0 Å². The van der Waals surface area contributed by atoms with Gasteiger partial charge in [0.25, 0.3) is 0 Å². The van der Waals surface area contributed by atoms with Gasteiger partial charge in [-0.25, -0.2) is 15.4 Å². The van der Waals surface area contributed by atoms with Gasteiger partial charge in [0.15, 0.2) is 0 Å². The summed E-state index contributed by atoms with van der Waals surface area (Å²) in [4.78, 5) is 11.6.